The molecule has 1 heterocycles. The SMILES string of the molecule is Cc1cccc(C(C)C)c1Nc1ccnc(Nc2ccc(C#N)cc2)n1. The van der Waals surface area contributed by atoms with E-state index in [1.54, 1.807) is 18.3 Å². The predicted octanol–water partition coefficient (Wildman–Crippen LogP) is 5.27. The van der Waals surface area contributed by atoms with E-state index in [-0.39, 0.29) is 0 Å². The van der Waals surface area contributed by atoms with Crippen LogP contribution in [0.5, 0.6) is 0 Å². The van der Waals surface area contributed by atoms with Gasteiger partial charge < -0.3 is 10.6 Å². The van der Waals surface area contributed by atoms with Crippen molar-refractivity contribution < 1.29 is 0 Å². The summed E-state index contributed by atoms with van der Waals surface area (Å²) in [4.78, 5) is 8.82. The molecule has 0 saturated heterocycles. The van der Waals surface area contributed by atoms with E-state index < -0.39 is 0 Å². The summed E-state index contributed by atoms with van der Waals surface area (Å²) in [6, 6.07) is 17.4. The van der Waals surface area contributed by atoms with E-state index in [9.17, 15) is 0 Å². The fraction of sp³-hybridized carbons (Fsp3) is 0.190. The number of benzene rings is 2. The Morgan fingerprint density at radius 1 is 1.00 bits per heavy atom. The molecule has 0 saturated carbocycles. The van der Waals surface area contributed by atoms with Gasteiger partial charge in [0.05, 0.1) is 11.6 Å². The Morgan fingerprint density at radius 3 is 2.46 bits per heavy atom. The second-order valence-corrected chi connectivity index (χ2v) is 6.40. The normalized spacial score (nSPS) is 10.4. The average Bonchev–Trinajstić information content (AvgIpc) is 2.64. The number of hydrogen-bond donors (Lipinski definition) is 2. The third-order valence-electron chi connectivity index (χ3n) is 4.11. The molecule has 130 valence electrons. The molecule has 5 heteroatoms. The van der Waals surface area contributed by atoms with Crippen molar-refractivity contribution in [2.24, 2.45) is 0 Å². The summed E-state index contributed by atoms with van der Waals surface area (Å²) in [6.45, 7) is 6.45. The van der Waals surface area contributed by atoms with Crippen LogP contribution in [-0.2, 0) is 0 Å². The first-order chi connectivity index (χ1) is 12.6. The van der Waals surface area contributed by atoms with Crippen LogP contribution in [0.1, 0.15) is 36.5 Å². The monoisotopic (exact) mass is 343 g/mol. The molecule has 5 nitrogen and oxygen atoms in total. The number of nitrogens with zero attached hydrogens (tertiary/aromatic N) is 3. The van der Waals surface area contributed by atoms with Gasteiger partial charge in [0.2, 0.25) is 5.95 Å². The van der Waals surface area contributed by atoms with Crippen LogP contribution in [0.15, 0.2) is 54.7 Å². The second-order valence-electron chi connectivity index (χ2n) is 6.40. The van der Waals surface area contributed by atoms with Gasteiger partial charge in [-0.15, -0.1) is 0 Å². The molecule has 0 aliphatic carbocycles. The second kappa shape index (κ2) is 7.66. The highest BCUT2D eigenvalue weighted by molar-refractivity contribution is 5.66. The van der Waals surface area contributed by atoms with Crippen molar-refractivity contribution in [1.82, 2.24) is 9.97 Å². The average molecular weight is 343 g/mol. The maximum atomic E-state index is 8.88. The molecule has 0 fully saturated rings. The zero-order valence-electron chi connectivity index (χ0n) is 15.1. The van der Waals surface area contributed by atoms with Crippen LogP contribution in [0, 0.1) is 18.3 Å². The van der Waals surface area contributed by atoms with E-state index in [4.69, 9.17) is 5.26 Å². The molecule has 0 atom stereocenters. The minimum absolute atomic E-state index is 0.412. The highest BCUT2D eigenvalue weighted by Crippen LogP contribution is 2.29. The number of rotatable bonds is 5. The maximum absolute atomic E-state index is 8.88. The molecule has 0 radical (unpaired) electrons. The summed E-state index contributed by atoms with van der Waals surface area (Å²) >= 11 is 0. The molecule has 3 aromatic rings. The van der Waals surface area contributed by atoms with Crippen LogP contribution in [0.3, 0.4) is 0 Å². The molecule has 0 unspecified atom stereocenters. The van der Waals surface area contributed by atoms with E-state index in [2.05, 4.69) is 65.6 Å². The first-order valence-corrected chi connectivity index (χ1v) is 8.53. The Balaban J connectivity index is 1.83. The molecular formula is C21H21N5. The number of para-hydroxylation sites is 1. The van der Waals surface area contributed by atoms with Crippen molar-refractivity contribution in [3.8, 4) is 6.07 Å². The lowest BCUT2D eigenvalue weighted by atomic mass is 9.98. The van der Waals surface area contributed by atoms with Crippen molar-refractivity contribution in [3.63, 3.8) is 0 Å². The van der Waals surface area contributed by atoms with Gasteiger partial charge >= 0.3 is 0 Å². The van der Waals surface area contributed by atoms with Crippen LogP contribution < -0.4 is 10.6 Å². The topological polar surface area (TPSA) is 73.6 Å². The van der Waals surface area contributed by atoms with E-state index >= 15 is 0 Å². The van der Waals surface area contributed by atoms with Gasteiger partial charge in [-0.2, -0.15) is 10.2 Å². The van der Waals surface area contributed by atoms with Gasteiger partial charge in [-0.1, -0.05) is 32.0 Å². The highest BCUT2D eigenvalue weighted by Gasteiger charge is 2.10. The molecule has 0 aliphatic heterocycles. The zero-order chi connectivity index (χ0) is 18.5. The summed E-state index contributed by atoms with van der Waals surface area (Å²) in [5, 5.41) is 15.5. The molecule has 1 aromatic heterocycles. The van der Waals surface area contributed by atoms with Gasteiger partial charge in [0.15, 0.2) is 0 Å². The molecule has 2 aromatic carbocycles. The minimum Gasteiger partial charge on any atom is -0.340 e. The van der Waals surface area contributed by atoms with E-state index in [1.807, 2.05) is 18.2 Å². The summed E-state index contributed by atoms with van der Waals surface area (Å²) in [5.74, 6) is 1.64. The summed E-state index contributed by atoms with van der Waals surface area (Å²) in [5.41, 5.74) is 4.97. The first kappa shape index (κ1) is 17.4. The zero-order valence-corrected chi connectivity index (χ0v) is 15.1. The summed E-state index contributed by atoms with van der Waals surface area (Å²) < 4.78 is 0. The Kier molecular flexibility index (Phi) is 5.14. The fourth-order valence-corrected chi connectivity index (χ4v) is 2.72. The Bertz CT molecular complexity index is 939. The van der Waals surface area contributed by atoms with Gasteiger partial charge in [-0.05, 0) is 54.3 Å². The molecule has 3 rings (SSSR count). The molecule has 0 bridgehead atoms. The van der Waals surface area contributed by atoms with Crippen molar-refractivity contribution in [2.45, 2.75) is 26.7 Å². The van der Waals surface area contributed by atoms with Crippen LogP contribution in [0.25, 0.3) is 0 Å². The van der Waals surface area contributed by atoms with Gasteiger partial charge in [0.25, 0.3) is 0 Å². The van der Waals surface area contributed by atoms with E-state index in [0.29, 0.717) is 17.4 Å². The molecule has 0 amide bonds. The fourth-order valence-electron chi connectivity index (χ4n) is 2.72. The molecule has 26 heavy (non-hydrogen) atoms. The van der Waals surface area contributed by atoms with Gasteiger partial charge in [0.1, 0.15) is 5.82 Å². The molecule has 0 aliphatic rings. The van der Waals surface area contributed by atoms with Crippen molar-refractivity contribution >= 4 is 23.1 Å². The third kappa shape index (κ3) is 3.98. The van der Waals surface area contributed by atoms with Crippen LogP contribution in [0.2, 0.25) is 0 Å². The third-order valence-corrected chi connectivity index (χ3v) is 4.11. The summed E-state index contributed by atoms with van der Waals surface area (Å²) in [7, 11) is 0. The number of aromatic nitrogens is 2. The smallest absolute Gasteiger partial charge is 0.229 e. The quantitative estimate of drug-likeness (QED) is 0.660. The molecular weight excluding hydrogens is 322 g/mol. The van der Waals surface area contributed by atoms with E-state index in [1.165, 1.54) is 11.1 Å². The lowest BCUT2D eigenvalue weighted by Crippen LogP contribution is -2.04. The van der Waals surface area contributed by atoms with Crippen molar-refractivity contribution in [3.05, 3.63) is 71.4 Å². The number of nitriles is 1. The number of nitrogens with one attached hydrogen (secondary N) is 2. The lowest BCUT2D eigenvalue weighted by molar-refractivity contribution is 0.867. The summed E-state index contributed by atoms with van der Waals surface area (Å²) in [6.07, 6.45) is 1.72. The molecule has 2 N–H and O–H groups in total. The number of anilines is 4. The van der Waals surface area contributed by atoms with Gasteiger partial charge in [-0.3, -0.25) is 0 Å². The highest BCUT2D eigenvalue weighted by atomic mass is 15.1. The lowest BCUT2D eigenvalue weighted by Gasteiger charge is -2.17. The predicted molar refractivity (Wildman–Crippen MR) is 105 cm³/mol. The Hall–Kier alpha value is -3.39. The van der Waals surface area contributed by atoms with Gasteiger partial charge in [-0.25, -0.2) is 4.98 Å². The van der Waals surface area contributed by atoms with E-state index in [0.717, 1.165) is 17.2 Å². The van der Waals surface area contributed by atoms with Gasteiger partial charge in [0, 0.05) is 17.6 Å². The molecule has 0 spiro atoms. The number of aryl methyl sites for hydroxylation is 1. The number of hydrogen-bond acceptors (Lipinski definition) is 5. The maximum Gasteiger partial charge on any atom is 0.229 e. The van der Waals surface area contributed by atoms with Crippen molar-refractivity contribution in [2.75, 3.05) is 10.6 Å². The van der Waals surface area contributed by atoms with Crippen LogP contribution in [-0.4, -0.2) is 9.97 Å². The Morgan fingerprint density at radius 2 is 1.77 bits per heavy atom. The van der Waals surface area contributed by atoms with Crippen molar-refractivity contribution in [1.29, 1.82) is 5.26 Å². The van der Waals surface area contributed by atoms with Crippen LogP contribution >= 0.6 is 0 Å². The largest absolute Gasteiger partial charge is 0.340 e. The standard InChI is InChI=1S/C21H21N5/c1-14(2)18-6-4-5-15(3)20(18)25-19-11-12-23-21(26-19)24-17-9-7-16(13-22)8-10-17/h4-12,14H,1-3H3,(H2,23,24,25,26). The first-order valence-electron chi connectivity index (χ1n) is 8.53. The Labute approximate surface area is 153 Å². The van der Waals surface area contributed by atoms with Crippen LogP contribution in [0.4, 0.5) is 23.1 Å². The minimum atomic E-state index is 0.412.